The molecule has 1 aromatic carbocycles. The van der Waals surface area contributed by atoms with E-state index in [1.54, 1.807) is 0 Å². The van der Waals surface area contributed by atoms with Gasteiger partial charge < -0.3 is 10.1 Å². The van der Waals surface area contributed by atoms with Crippen molar-refractivity contribution >= 4 is 11.6 Å². The Labute approximate surface area is 135 Å². The van der Waals surface area contributed by atoms with Crippen LogP contribution in [-0.2, 0) is 11.2 Å². The van der Waals surface area contributed by atoms with Crippen molar-refractivity contribution in [2.45, 2.75) is 59.1 Å². The second-order valence-electron chi connectivity index (χ2n) is 7.00. The molecule has 0 saturated heterocycles. The van der Waals surface area contributed by atoms with E-state index in [0.29, 0.717) is 12.0 Å². The Bertz CT molecular complexity index is 412. The molecule has 0 amide bonds. The second-order valence-corrected chi connectivity index (χ2v) is 7.41. The smallest absolute Gasteiger partial charge is 0.0518 e. The lowest BCUT2D eigenvalue weighted by molar-refractivity contribution is 0.0677. The van der Waals surface area contributed by atoms with E-state index in [0.717, 1.165) is 31.0 Å². The summed E-state index contributed by atoms with van der Waals surface area (Å²) in [6.45, 7) is 12.5. The van der Waals surface area contributed by atoms with E-state index in [1.807, 2.05) is 12.1 Å². The minimum Gasteiger partial charge on any atom is -0.379 e. The van der Waals surface area contributed by atoms with Crippen LogP contribution in [-0.4, -0.2) is 24.8 Å². The monoisotopic (exact) mass is 311 g/mol. The SMILES string of the molecule is CC(C)OCCC(CNC(C)(C)C)Cc1ccccc1Cl. The van der Waals surface area contributed by atoms with E-state index in [-0.39, 0.29) is 5.54 Å². The third-order valence-electron chi connectivity index (χ3n) is 3.36. The third-order valence-corrected chi connectivity index (χ3v) is 3.73. The van der Waals surface area contributed by atoms with Crippen molar-refractivity contribution in [2.24, 2.45) is 5.92 Å². The lowest BCUT2D eigenvalue weighted by atomic mass is 9.95. The van der Waals surface area contributed by atoms with Crippen LogP contribution in [0.1, 0.15) is 46.6 Å². The van der Waals surface area contributed by atoms with E-state index in [9.17, 15) is 0 Å². The number of rotatable bonds is 8. The van der Waals surface area contributed by atoms with Gasteiger partial charge in [0, 0.05) is 17.2 Å². The Hall–Kier alpha value is -0.570. The summed E-state index contributed by atoms with van der Waals surface area (Å²) in [5.74, 6) is 0.530. The Balaban J connectivity index is 2.60. The van der Waals surface area contributed by atoms with Gasteiger partial charge in [-0.25, -0.2) is 0 Å². The summed E-state index contributed by atoms with van der Waals surface area (Å²) in [5.41, 5.74) is 1.36. The van der Waals surface area contributed by atoms with Crippen LogP contribution >= 0.6 is 11.6 Å². The van der Waals surface area contributed by atoms with Crippen LogP contribution in [0.5, 0.6) is 0 Å². The first-order chi connectivity index (χ1) is 9.78. The van der Waals surface area contributed by atoms with Gasteiger partial charge in [0.2, 0.25) is 0 Å². The predicted molar refractivity (Wildman–Crippen MR) is 92.1 cm³/mol. The van der Waals surface area contributed by atoms with Crippen LogP contribution in [0.15, 0.2) is 24.3 Å². The fourth-order valence-electron chi connectivity index (χ4n) is 2.17. The molecule has 0 spiro atoms. The van der Waals surface area contributed by atoms with Gasteiger partial charge >= 0.3 is 0 Å². The van der Waals surface area contributed by atoms with Crippen LogP contribution in [0.4, 0.5) is 0 Å². The van der Waals surface area contributed by atoms with Crippen molar-refractivity contribution in [2.75, 3.05) is 13.2 Å². The largest absolute Gasteiger partial charge is 0.379 e. The van der Waals surface area contributed by atoms with E-state index in [1.165, 1.54) is 5.56 Å². The predicted octanol–water partition coefficient (Wildman–Crippen LogP) is 4.70. The summed E-state index contributed by atoms with van der Waals surface area (Å²) in [7, 11) is 0. The minimum atomic E-state index is 0.137. The topological polar surface area (TPSA) is 21.3 Å². The second kappa shape index (κ2) is 8.77. The first kappa shape index (κ1) is 18.5. The van der Waals surface area contributed by atoms with Gasteiger partial charge in [0.1, 0.15) is 0 Å². The Kier molecular flexibility index (Phi) is 7.72. The van der Waals surface area contributed by atoms with Gasteiger partial charge in [-0.05, 0) is 71.6 Å². The number of hydrogen-bond donors (Lipinski definition) is 1. The number of benzene rings is 1. The van der Waals surface area contributed by atoms with E-state index in [4.69, 9.17) is 16.3 Å². The molecule has 2 nitrogen and oxygen atoms in total. The van der Waals surface area contributed by atoms with Crippen LogP contribution < -0.4 is 5.32 Å². The van der Waals surface area contributed by atoms with Gasteiger partial charge in [0.25, 0.3) is 0 Å². The van der Waals surface area contributed by atoms with Gasteiger partial charge in [0.05, 0.1) is 6.10 Å². The number of nitrogens with one attached hydrogen (secondary N) is 1. The zero-order chi connectivity index (χ0) is 15.9. The summed E-state index contributed by atoms with van der Waals surface area (Å²) < 4.78 is 5.71. The van der Waals surface area contributed by atoms with Crippen molar-refractivity contribution in [1.82, 2.24) is 5.32 Å². The Morgan fingerprint density at radius 3 is 2.43 bits per heavy atom. The fraction of sp³-hybridized carbons (Fsp3) is 0.667. The maximum absolute atomic E-state index is 6.29. The van der Waals surface area contributed by atoms with Gasteiger partial charge in [-0.2, -0.15) is 0 Å². The van der Waals surface area contributed by atoms with E-state index >= 15 is 0 Å². The number of halogens is 1. The highest BCUT2D eigenvalue weighted by Gasteiger charge is 2.16. The molecule has 0 bridgehead atoms. The van der Waals surface area contributed by atoms with Crippen molar-refractivity contribution in [1.29, 1.82) is 0 Å². The molecule has 1 atom stereocenters. The molecular weight excluding hydrogens is 282 g/mol. The molecule has 120 valence electrons. The normalized spacial score (nSPS) is 13.7. The molecule has 21 heavy (non-hydrogen) atoms. The quantitative estimate of drug-likeness (QED) is 0.751. The summed E-state index contributed by atoms with van der Waals surface area (Å²) >= 11 is 6.29. The molecule has 0 aliphatic heterocycles. The van der Waals surface area contributed by atoms with Crippen molar-refractivity contribution in [3.05, 3.63) is 34.9 Å². The van der Waals surface area contributed by atoms with Crippen molar-refractivity contribution in [3.63, 3.8) is 0 Å². The standard InChI is InChI=1S/C18H30ClNO/c1-14(2)21-11-10-15(13-20-18(3,4)5)12-16-8-6-7-9-17(16)19/h6-9,14-15,20H,10-13H2,1-5H3. The summed E-state index contributed by atoms with van der Waals surface area (Å²) in [5, 5.41) is 4.47. The molecule has 0 saturated carbocycles. The molecule has 0 radical (unpaired) electrons. The highest BCUT2D eigenvalue weighted by Crippen LogP contribution is 2.21. The molecule has 1 aromatic rings. The molecular formula is C18H30ClNO. The third kappa shape index (κ3) is 8.45. The zero-order valence-corrected chi connectivity index (χ0v) is 14.8. The van der Waals surface area contributed by atoms with Crippen LogP contribution in [0, 0.1) is 5.92 Å². The van der Waals surface area contributed by atoms with Gasteiger partial charge in [-0.15, -0.1) is 0 Å². The zero-order valence-electron chi connectivity index (χ0n) is 14.1. The minimum absolute atomic E-state index is 0.137. The summed E-state index contributed by atoms with van der Waals surface area (Å²) in [4.78, 5) is 0. The molecule has 1 N–H and O–H groups in total. The van der Waals surface area contributed by atoms with Gasteiger partial charge in [-0.1, -0.05) is 29.8 Å². The lowest BCUT2D eigenvalue weighted by Gasteiger charge is -2.26. The van der Waals surface area contributed by atoms with Crippen LogP contribution in [0.25, 0.3) is 0 Å². The molecule has 1 unspecified atom stereocenters. The van der Waals surface area contributed by atoms with E-state index in [2.05, 4.69) is 52.1 Å². The number of ether oxygens (including phenoxy) is 1. The molecule has 0 aliphatic carbocycles. The van der Waals surface area contributed by atoms with Crippen molar-refractivity contribution in [3.8, 4) is 0 Å². The fourth-order valence-corrected chi connectivity index (χ4v) is 2.39. The highest BCUT2D eigenvalue weighted by atomic mass is 35.5. The molecule has 1 rings (SSSR count). The van der Waals surface area contributed by atoms with Crippen LogP contribution in [0.3, 0.4) is 0 Å². The molecule has 0 aromatic heterocycles. The molecule has 0 aliphatic rings. The van der Waals surface area contributed by atoms with Crippen molar-refractivity contribution < 1.29 is 4.74 Å². The summed E-state index contributed by atoms with van der Waals surface area (Å²) in [6, 6.07) is 8.13. The highest BCUT2D eigenvalue weighted by molar-refractivity contribution is 6.31. The first-order valence-corrected chi connectivity index (χ1v) is 8.26. The average molecular weight is 312 g/mol. The lowest BCUT2D eigenvalue weighted by Crippen LogP contribution is -2.39. The summed E-state index contributed by atoms with van der Waals surface area (Å²) in [6.07, 6.45) is 2.33. The van der Waals surface area contributed by atoms with E-state index < -0.39 is 0 Å². The van der Waals surface area contributed by atoms with Gasteiger partial charge in [-0.3, -0.25) is 0 Å². The molecule has 3 heteroatoms. The maximum atomic E-state index is 6.29. The average Bonchev–Trinajstić information content (AvgIpc) is 2.37. The Morgan fingerprint density at radius 1 is 1.19 bits per heavy atom. The maximum Gasteiger partial charge on any atom is 0.0518 e. The number of hydrogen-bond acceptors (Lipinski definition) is 2. The van der Waals surface area contributed by atoms with Gasteiger partial charge in [0.15, 0.2) is 0 Å². The molecule has 0 fully saturated rings. The van der Waals surface area contributed by atoms with Crippen LogP contribution in [0.2, 0.25) is 5.02 Å². The molecule has 0 heterocycles. The first-order valence-electron chi connectivity index (χ1n) is 7.88. The Morgan fingerprint density at radius 2 is 1.86 bits per heavy atom.